The Labute approximate surface area is 83.7 Å². The molecule has 0 saturated heterocycles. The average molecular weight is 199 g/mol. The van der Waals surface area contributed by atoms with Gasteiger partial charge in [-0.25, -0.2) is 4.98 Å². The normalized spacial score (nSPS) is 15.7. The monoisotopic (exact) mass is 199 g/mol. The molecule has 0 saturated carbocycles. The standard InChI is InChI=1S/C9H17N3S/c1-7(5-13-3)12-6-11-4-9(12)8(2)10/h4,6-8H,5,10H2,1-3H3/t7?,8-/m0/s1. The number of aromatic nitrogens is 2. The fraction of sp³-hybridized carbons (Fsp3) is 0.667. The zero-order valence-electron chi connectivity index (χ0n) is 8.40. The molecule has 0 bridgehead atoms. The van der Waals surface area contributed by atoms with Crippen LogP contribution in [0, 0.1) is 0 Å². The molecule has 0 spiro atoms. The first kappa shape index (κ1) is 10.6. The minimum atomic E-state index is 0.0619. The lowest BCUT2D eigenvalue weighted by Gasteiger charge is -2.17. The van der Waals surface area contributed by atoms with Crippen LogP contribution in [-0.4, -0.2) is 21.6 Å². The van der Waals surface area contributed by atoms with Crippen LogP contribution >= 0.6 is 11.8 Å². The molecule has 0 radical (unpaired) electrons. The Kier molecular flexibility index (Phi) is 3.81. The van der Waals surface area contributed by atoms with E-state index in [1.807, 2.05) is 31.2 Å². The molecule has 0 fully saturated rings. The first-order valence-corrected chi connectivity index (χ1v) is 5.82. The Morgan fingerprint density at radius 3 is 2.85 bits per heavy atom. The van der Waals surface area contributed by atoms with Gasteiger partial charge in [0.1, 0.15) is 0 Å². The summed E-state index contributed by atoms with van der Waals surface area (Å²) in [5, 5.41) is 0. The molecule has 0 aliphatic rings. The Hall–Kier alpha value is -0.480. The van der Waals surface area contributed by atoms with Crippen molar-refractivity contribution < 1.29 is 0 Å². The molecule has 0 aliphatic heterocycles. The highest BCUT2D eigenvalue weighted by molar-refractivity contribution is 7.98. The zero-order chi connectivity index (χ0) is 9.84. The average Bonchev–Trinajstić information content (AvgIpc) is 2.52. The van der Waals surface area contributed by atoms with E-state index in [2.05, 4.69) is 22.7 Å². The maximum absolute atomic E-state index is 5.83. The summed E-state index contributed by atoms with van der Waals surface area (Å²) in [5.74, 6) is 1.09. The van der Waals surface area contributed by atoms with Crippen molar-refractivity contribution in [3.05, 3.63) is 18.2 Å². The third kappa shape index (κ3) is 2.48. The molecule has 2 N–H and O–H groups in total. The van der Waals surface area contributed by atoms with E-state index in [9.17, 15) is 0 Å². The van der Waals surface area contributed by atoms with E-state index in [0.29, 0.717) is 6.04 Å². The smallest absolute Gasteiger partial charge is 0.0951 e. The van der Waals surface area contributed by atoms with E-state index >= 15 is 0 Å². The summed E-state index contributed by atoms with van der Waals surface area (Å²) in [4.78, 5) is 4.12. The summed E-state index contributed by atoms with van der Waals surface area (Å²) in [6.07, 6.45) is 5.82. The second-order valence-corrected chi connectivity index (χ2v) is 4.23. The number of hydrogen-bond acceptors (Lipinski definition) is 3. The summed E-state index contributed by atoms with van der Waals surface area (Å²) in [6.45, 7) is 4.17. The van der Waals surface area contributed by atoms with Crippen molar-refractivity contribution >= 4 is 11.8 Å². The highest BCUT2D eigenvalue weighted by Gasteiger charge is 2.11. The van der Waals surface area contributed by atoms with Gasteiger partial charge in [-0.15, -0.1) is 0 Å². The van der Waals surface area contributed by atoms with Crippen molar-refractivity contribution in [2.24, 2.45) is 5.73 Å². The van der Waals surface area contributed by atoms with Gasteiger partial charge in [-0.1, -0.05) is 0 Å². The number of thioether (sulfide) groups is 1. The van der Waals surface area contributed by atoms with Gasteiger partial charge in [-0.05, 0) is 20.1 Å². The van der Waals surface area contributed by atoms with E-state index in [1.54, 1.807) is 0 Å². The van der Waals surface area contributed by atoms with E-state index in [0.717, 1.165) is 11.4 Å². The number of rotatable bonds is 4. The summed E-state index contributed by atoms with van der Waals surface area (Å²) >= 11 is 1.84. The van der Waals surface area contributed by atoms with Gasteiger partial charge >= 0.3 is 0 Å². The summed E-state index contributed by atoms with van der Waals surface area (Å²) < 4.78 is 2.15. The molecule has 1 aromatic rings. The summed E-state index contributed by atoms with van der Waals surface area (Å²) in [6, 6.07) is 0.533. The van der Waals surface area contributed by atoms with Crippen molar-refractivity contribution in [1.29, 1.82) is 0 Å². The minimum absolute atomic E-state index is 0.0619. The molecule has 13 heavy (non-hydrogen) atoms. The molecule has 3 nitrogen and oxygen atoms in total. The highest BCUT2D eigenvalue weighted by atomic mass is 32.2. The Balaban J connectivity index is 2.80. The van der Waals surface area contributed by atoms with Gasteiger partial charge in [0.25, 0.3) is 0 Å². The first-order valence-electron chi connectivity index (χ1n) is 4.43. The zero-order valence-corrected chi connectivity index (χ0v) is 9.21. The van der Waals surface area contributed by atoms with E-state index < -0.39 is 0 Å². The van der Waals surface area contributed by atoms with E-state index in [4.69, 9.17) is 5.73 Å². The molecule has 2 atom stereocenters. The summed E-state index contributed by atoms with van der Waals surface area (Å²) in [5.41, 5.74) is 6.94. The maximum atomic E-state index is 5.83. The first-order chi connectivity index (χ1) is 6.16. The Morgan fingerprint density at radius 1 is 1.62 bits per heavy atom. The minimum Gasteiger partial charge on any atom is -0.330 e. The number of nitrogens with zero attached hydrogens (tertiary/aromatic N) is 2. The topological polar surface area (TPSA) is 43.8 Å². The molecular weight excluding hydrogens is 182 g/mol. The van der Waals surface area contributed by atoms with Crippen LogP contribution in [0.25, 0.3) is 0 Å². The van der Waals surface area contributed by atoms with Crippen molar-refractivity contribution in [3.63, 3.8) is 0 Å². The second-order valence-electron chi connectivity index (χ2n) is 3.32. The molecule has 0 aliphatic carbocycles. The van der Waals surface area contributed by atoms with Gasteiger partial charge in [-0.2, -0.15) is 11.8 Å². The van der Waals surface area contributed by atoms with Gasteiger partial charge in [-0.3, -0.25) is 0 Å². The van der Waals surface area contributed by atoms with E-state index in [1.165, 1.54) is 0 Å². The molecule has 4 heteroatoms. The molecule has 1 rings (SSSR count). The third-order valence-corrected chi connectivity index (χ3v) is 2.86. The van der Waals surface area contributed by atoms with Crippen molar-refractivity contribution in [2.45, 2.75) is 25.9 Å². The predicted molar refractivity (Wildman–Crippen MR) is 57.9 cm³/mol. The highest BCUT2D eigenvalue weighted by Crippen LogP contribution is 2.17. The van der Waals surface area contributed by atoms with Crippen LogP contribution < -0.4 is 5.73 Å². The maximum Gasteiger partial charge on any atom is 0.0951 e. The Bertz CT molecular complexity index is 257. The second kappa shape index (κ2) is 4.67. The lowest BCUT2D eigenvalue weighted by Crippen LogP contribution is -2.15. The summed E-state index contributed by atoms with van der Waals surface area (Å²) in [7, 11) is 0. The SMILES string of the molecule is CSCC(C)n1cncc1[C@H](C)N. The lowest BCUT2D eigenvalue weighted by atomic mass is 10.2. The van der Waals surface area contributed by atoms with Crippen LogP contribution in [0.15, 0.2) is 12.5 Å². The van der Waals surface area contributed by atoms with Gasteiger partial charge < -0.3 is 10.3 Å². The largest absolute Gasteiger partial charge is 0.330 e. The quantitative estimate of drug-likeness (QED) is 0.804. The molecule has 1 unspecified atom stereocenters. The lowest BCUT2D eigenvalue weighted by molar-refractivity contribution is 0.560. The van der Waals surface area contributed by atoms with Crippen molar-refractivity contribution in [3.8, 4) is 0 Å². The van der Waals surface area contributed by atoms with Crippen LogP contribution in [0.5, 0.6) is 0 Å². The Morgan fingerprint density at radius 2 is 2.31 bits per heavy atom. The molecular formula is C9H17N3S. The van der Waals surface area contributed by atoms with Gasteiger partial charge in [0, 0.05) is 24.0 Å². The van der Waals surface area contributed by atoms with Gasteiger partial charge in [0.05, 0.1) is 12.0 Å². The van der Waals surface area contributed by atoms with Crippen molar-refractivity contribution in [2.75, 3.05) is 12.0 Å². The third-order valence-electron chi connectivity index (χ3n) is 2.05. The molecule has 1 aromatic heterocycles. The number of hydrogen-bond donors (Lipinski definition) is 1. The van der Waals surface area contributed by atoms with Crippen LogP contribution in [0.3, 0.4) is 0 Å². The molecule has 0 aromatic carbocycles. The van der Waals surface area contributed by atoms with Gasteiger partial charge in [0.2, 0.25) is 0 Å². The number of nitrogens with two attached hydrogens (primary N) is 1. The van der Waals surface area contributed by atoms with Gasteiger partial charge in [0.15, 0.2) is 0 Å². The molecule has 1 heterocycles. The van der Waals surface area contributed by atoms with Crippen molar-refractivity contribution in [1.82, 2.24) is 9.55 Å². The fourth-order valence-corrected chi connectivity index (χ4v) is 2.00. The molecule has 74 valence electrons. The van der Waals surface area contributed by atoms with Crippen LogP contribution in [-0.2, 0) is 0 Å². The number of imidazole rings is 1. The van der Waals surface area contributed by atoms with Crippen LogP contribution in [0.2, 0.25) is 0 Å². The van der Waals surface area contributed by atoms with E-state index in [-0.39, 0.29) is 6.04 Å². The molecule has 0 amide bonds. The predicted octanol–water partition coefficient (Wildman–Crippen LogP) is 1.83. The van der Waals surface area contributed by atoms with Crippen LogP contribution in [0.1, 0.15) is 31.6 Å². The fourth-order valence-electron chi connectivity index (χ4n) is 1.36. The van der Waals surface area contributed by atoms with Crippen LogP contribution in [0.4, 0.5) is 0 Å².